The first kappa shape index (κ1) is 11.2. The summed E-state index contributed by atoms with van der Waals surface area (Å²) in [5.41, 5.74) is 0. The minimum atomic E-state index is 0.212. The van der Waals surface area contributed by atoms with Crippen LogP contribution in [-0.2, 0) is 9.53 Å². The van der Waals surface area contributed by atoms with Crippen molar-refractivity contribution in [2.45, 2.75) is 33.1 Å². The highest BCUT2D eigenvalue weighted by Gasteiger charge is 1.97. The average Bonchev–Trinajstić information content (AvgIpc) is 2.09. The molecule has 12 heavy (non-hydrogen) atoms. The lowest BCUT2D eigenvalue weighted by Crippen LogP contribution is -2.00. The van der Waals surface area contributed by atoms with E-state index in [1.807, 2.05) is 6.92 Å². The van der Waals surface area contributed by atoms with E-state index in [0.29, 0.717) is 19.4 Å². The number of hydrogen-bond donors (Lipinski definition) is 0. The Hall–Kier alpha value is -0.810. The number of rotatable bonds is 6. The molecule has 2 heteroatoms. The molecule has 68 valence electrons. The minimum Gasteiger partial charge on any atom is -0.382 e. The standard InChI is InChI=1S/C10H16O2/c1-3-5-7-10(11)8-6-9-12-4-2/h4,6-9H2,1-2H3. The molecule has 0 aromatic carbocycles. The highest BCUT2D eigenvalue weighted by molar-refractivity contribution is 5.80. The zero-order valence-electron chi connectivity index (χ0n) is 7.85. The summed E-state index contributed by atoms with van der Waals surface area (Å²) >= 11 is 0. The Morgan fingerprint density at radius 2 is 2.25 bits per heavy atom. The van der Waals surface area contributed by atoms with Gasteiger partial charge in [0.15, 0.2) is 0 Å². The number of ether oxygens (including phenoxy) is 1. The first-order valence-electron chi connectivity index (χ1n) is 4.30. The minimum absolute atomic E-state index is 0.212. The molecular formula is C10H16O2. The maximum atomic E-state index is 11.0. The van der Waals surface area contributed by atoms with E-state index >= 15 is 0 Å². The second kappa shape index (κ2) is 8.29. The molecule has 0 bridgehead atoms. The van der Waals surface area contributed by atoms with E-state index in [9.17, 15) is 4.79 Å². The van der Waals surface area contributed by atoms with Crippen molar-refractivity contribution in [3.63, 3.8) is 0 Å². The number of carbonyl (C=O) groups is 1. The van der Waals surface area contributed by atoms with Crippen LogP contribution in [0.5, 0.6) is 0 Å². The highest BCUT2D eigenvalue weighted by atomic mass is 16.5. The summed E-state index contributed by atoms with van der Waals surface area (Å²) in [7, 11) is 0. The van der Waals surface area contributed by atoms with Crippen molar-refractivity contribution in [3.8, 4) is 11.8 Å². The van der Waals surface area contributed by atoms with E-state index < -0.39 is 0 Å². The molecular weight excluding hydrogens is 152 g/mol. The van der Waals surface area contributed by atoms with Crippen molar-refractivity contribution < 1.29 is 9.53 Å². The fraction of sp³-hybridized carbons (Fsp3) is 0.700. The van der Waals surface area contributed by atoms with Crippen LogP contribution in [0.3, 0.4) is 0 Å². The van der Waals surface area contributed by atoms with Crippen LogP contribution in [0.1, 0.15) is 33.1 Å². The Kier molecular flexibility index (Phi) is 7.73. The predicted molar refractivity (Wildman–Crippen MR) is 48.8 cm³/mol. The monoisotopic (exact) mass is 168 g/mol. The van der Waals surface area contributed by atoms with Gasteiger partial charge in [0.1, 0.15) is 5.78 Å². The molecule has 0 aliphatic heterocycles. The SMILES string of the molecule is CC#CCC(=O)CCCOCC. The lowest BCUT2D eigenvalue weighted by atomic mass is 10.2. The van der Waals surface area contributed by atoms with Crippen LogP contribution in [0.4, 0.5) is 0 Å². The molecule has 0 aliphatic rings. The van der Waals surface area contributed by atoms with Gasteiger partial charge in [-0.15, -0.1) is 5.92 Å². The Morgan fingerprint density at radius 3 is 2.83 bits per heavy atom. The molecule has 0 aliphatic carbocycles. The lowest BCUT2D eigenvalue weighted by Gasteiger charge is -1.98. The molecule has 0 heterocycles. The fourth-order valence-corrected chi connectivity index (χ4v) is 0.791. The van der Waals surface area contributed by atoms with Crippen molar-refractivity contribution >= 4 is 5.78 Å². The molecule has 0 aromatic heterocycles. The van der Waals surface area contributed by atoms with Crippen LogP contribution in [0.15, 0.2) is 0 Å². The quantitative estimate of drug-likeness (QED) is 0.446. The third-order valence-electron chi connectivity index (χ3n) is 1.41. The van der Waals surface area contributed by atoms with Gasteiger partial charge in [-0.25, -0.2) is 0 Å². The molecule has 0 unspecified atom stereocenters. The van der Waals surface area contributed by atoms with Gasteiger partial charge >= 0.3 is 0 Å². The van der Waals surface area contributed by atoms with Gasteiger partial charge < -0.3 is 4.74 Å². The van der Waals surface area contributed by atoms with Gasteiger partial charge in [-0.3, -0.25) is 4.79 Å². The van der Waals surface area contributed by atoms with Gasteiger partial charge in [0.25, 0.3) is 0 Å². The molecule has 0 atom stereocenters. The van der Waals surface area contributed by atoms with Crippen LogP contribution in [0, 0.1) is 11.8 Å². The Labute approximate surface area is 74.3 Å². The predicted octanol–water partition coefficient (Wildman–Crippen LogP) is 1.79. The van der Waals surface area contributed by atoms with Crippen LogP contribution in [-0.4, -0.2) is 19.0 Å². The third kappa shape index (κ3) is 7.30. The van der Waals surface area contributed by atoms with Gasteiger partial charge in [0, 0.05) is 19.6 Å². The fourth-order valence-electron chi connectivity index (χ4n) is 0.791. The molecule has 0 saturated carbocycles. The summed E-state index contributed by atoms with van der Waals surface area (Å²) in [5, 5.41) is 0. The summed E-state index contributed by atoms with van der Waals surface area (Å²) in [5.74, 6) is 5.66. The number of hydrogen-bond acceptors (Lipinski definition) is 2. The van der Waals surface area contributed by atoms with E-state index in [-0.39, 0.29) is 5.78 Å². The van der Waals surface area contributed by atoms with Crippen molar-refractivity contribution in [2.24, 2.45) is 0 Å². The normalized spacial score (nSPS) is 8.83. The summed E-state index contributed by atoms with van der Waals surface area (Å²) in [6.07, 6.45) is 1.80. The Bertz CT molecular complexity index is 174. The number of carbonyl (C=O) groups excluding carboxylic acids is 1. The lowest BCUT2D eigenvalue weighted by molar-refractivity contribution is -0.118. The van der Waals surface area contributed by atoms with Gasteiger partial charge in [-0.2, -0.15) is 0 Å². The van der Waals surface area contributed by atoms with Crippen molar-refractivity contribution in [2.75, 3.05) is 13.2 Å². The second-order valence-corrected chi connectivity index (χ2v) is 2.44. The van der Waals surface area contributed by atoms with E-state index in [1.165, 1.54) is 0 Å². The zero-order valence-corrected chi connectivity index (χ0v) is 7.85. The summed E-state index contributed by atoms with van der Waals surface area (Å²) in [4.78, 5) is 11.0. The van der Waals surface area contributed by atoms with E-state index in [4.69, 9.17) is 4.74 Å². The second-order valence-electron chi connectivity index (χ2n) is 2.44. The maximum absolute atomic E-state index is 11.0. The summed E-state index contributed by atoms with van der Waals surface area (Å²) < 4.78 is 5.10. The first-order valence-corrected chi connectivity index (χ1v) is 4.30. The number of Topliss-reactive ketones (excluding diaryl/α,β-unsaturated/α-hetero) is 1. The summed E-state index contributed by atoms with van der Waals surface area (Å²) in [6.45, 7) is 5.10. The topological polar surface area (TPSA) is 26.3 Å². The van der Waals surface area contributed by atoms with Crippen LogP contribution in [0.25, 0.3) is 0 Å². The number of ketones is 1. The van der Waals surface area contributed by atoms with Gasteiger partial charge in [0.05, 0.1) is 6.42 Å². The van der Waals surface area contributed by atoms with Crippen LogP contribution < -0.4 is 0 Å². The molecule has 0 spiro atoms. The molecule has 0 fully saturated rings. The molecule has 2 nitrogen and oxygen atoms in total. The zero-order chi connectivity index (χ0) is 9.23. The molecule has 0 aromatic rings. The van der Waals surface area contributed by atoms with E-state index in [2.05, 4.69) is 11.8 Å². The maximum Gasteiger partial charge on any atom is 0.144 e. The Morgan fingerprint density at radius 1 is 1.50 bits per heavy atom. The van der Waals surface area contributed by atoms with Gasteiger partial charge in [-0.05, 0) is 20.3 Å². The average molecular weight is 168 g/mol. The Balaban J connectivity index is 3.24. The van der Waals surface area contributed by atoms with Gasteiger partial charge in [0.2, 0.25) is 0 Å². The molecule has 0 rings (SSSR count). The third-order valence-corrected chi connectivity index (χ3v) is 1.41. The molecule has 0 radical (unpaired) electrons. The van der Waals surface area contributed by atoms with E-state index in [0.717, 1.165) is 13.0 Å². The molecule has 0 N–H and O–H groups in total. The van der Waals surface area contributed by atoms with Crippen molar-refractivity contribution in [1.82, 2.24) is 0 Å². The molecule has 0 saturated heterocycles. The highest BCUT2D eigenvalue weighted by Crippen LogP contribution is 1.94. The van der Waals surface area contributed by atoms with Crippen LogP contribution in [0.2, 0.25) is 0 Å². The van der Waals surface area contributed by atoms with Crippen molar-refractivity contribution in [1.29, 1.82) is 0 Å². The largest absolute Gasteiger partial charge is 0.382 e. The van der Waals surface area contributed by atoms with Crippen molar-refractivity contribution in [3.05, 3.63) is 0 Å². The molecule has 0 amide bonds. The summed E-state index contributed by atoms with van der Waals surface area (Å²) in [6, 6.07) is 0. The van der Waals surface area contributed by atoms with Crippen LogP contribution >= 0.6 is 0 Å². The first-order chi connectivity index (χ1) is 5.81. The van der Waals surface area contributed by atoms with E-state index in [1.54, 1.807) is 6.92 Å². The van der Waals surface area contributed by atoms with Gasteiger partial charge in [-0.1, -0.05) is 5.92 Å². The smallest absolute Gasteiger partial charge is 0.144 e.